The molecule has 0 aliphatic heterocycles. The average Bonchev–Trinajstić information content (AvgIpc) is 4.13. The van der Waals surface area contributed by atoms with Gasteiger partial charge in [-0.05, 0) is 170 Å². The van der Waals surface area contributed by atoms with Gasteiger partial charge in [0.05, 0.1) is 22.1 Å². The summed E-state index contributed by atoms with van der Waals surface area (Å²) in [6, 6.07) is 99.9. The maximum Gasteiger partial charge on any atom is 0.0547 e. The molecule has 1 saturated carbocycles. The van der Waals surface area contributed by atoms with Crippen molar-refractivity contribution in [3.8, 4) is 61.3 Å². The van der Waals surface area contributed by atoms with Gasteiger partial charge in [0.1, 0.15) is 0 Å². The molecular formula is C73H54N2. The van der Waals surface area contributed by atoms with Gasteiger partial charge in [0.15, 0.2) is 0 Å². The number of rotatable bonds is 8. The Morgan fingerprint density at radius 2 is 0.907 bits per heavy atom. The SMILES string of the molecule is c1ccc(-c2cc(-c3ccc(N(c4ccc5c(c4)C4(c6ccccc6-c6ccccc64)C4CCCCC54)c4ccccc4-c4ccccc4)cc3)cc(-c3cccc4c3c3ccccc3n4-c3ccccc3)c2)cc1. The Kier molecular flexibility index (Phi) is 10.2. The van der Waals surface area contributed by atoms with E-state index in [-0.39, 0.29) is 5.41 Å². The molecule has 0 radical (unpaired) electrons. The summed E-state index contributed by atoms with van der Waals surface area (Å²) >= 11 is 0. The van der Waals surface area contributed by atoms with Crippen molar-refractivity contribution in [2.24, 2.45) is 5.92 Å². The molecule has 2 heteroatoms. The standard InChI is InChI=1S/C73H54N2/c1-4-21-49(22-5-1)52-45-53(47-54(46-52)59-32-20-38-71-72(59)64-31-14-19-37-70(64)75(71)55-25-8-3-9-26-55)50-39-41-56(42-40-50)74(69-36-18-13-27-58(69)51-23-6-2-7-24-51)57-43-44-63-62-30-12-17-35-67(62)73(68(63)48-57)65-33-15-10-28-60(65)61-29-11-16-34-66(61)73/h1-11,13-16,18-29,31-34,36-48,62,67H,12,17,30,35H2. The number of fused-ring (bicyclic) bond motifs is 13. The van der Waals surface area contributed by atoms with E-state index in [1.54, 1.807) is 0 Å². The smallest absolute Gasteiger partial charge is 0.0547 e. The molecule has 1 fully saturated rings. The lowest BCUT2D eigenvalue weighted by molar-refractivity contribution is 0.265. The predicted molar refractivity (Wildman–Crippen MR) is 314 cm³/mol. The summed E-state index contributed by atoms with van der Waals surface area (Å²) in [6.45, 7) is 0. The van der Waals surface area contributed by atoms with Gasteiger partial charge < -0.3 is 9.47 Å². The van der Waals surface area contributed by atoms with E-state index >= 15 is 0 Å². The molecule has 2 atom stereocenters. The molecule has 12 aromatic rings. The van der Waals surface area contributed by atoms with Gasteiger partial charge in [-0.2, -0.15) is 0 Å². The molecule has 0 N–H and O–H groups in total. The molecule has 1 aromatic heterocycles. The first-order chi connectivity index (χ1) is 37.2. The topological polar surface area (TPSA) is 8.17 Å². The third-order valence-corrected chi connectivity index (χ3v) is 17.2. The maximum absolute atomic E-state index is 2.60. The third-order valence-electron chi connectivity index (χ3n) is 17.2. The third kappa shape index (κ3) is 6.79. The highest BCUT2D eigenvalue weighted by Gasteiger charge is 2.58. The minimum absolute atomic E-state index is 0.208. The molecular weight excluding hydrogens is 905 g/mol. The molecule has 75 heavy (non-hydrogen) atoms. The van der Waals surface area contributed by atoms with Crippen LogP contribution in [0.1, 0.15) is 53.9 Å². The summed E-state index contributed by atoms with van der Waals surface area (Å²) in [5, 5.41) is 2.51. The van der Waals surface area contributed by atoms with Crippen LogP contribution in [-0.4, -0.2) is 4.57 Å². The van der Waals surface area contributed by atoms with Gasteiger partial charge in [0.2, 0.25) is 0 Å². The summed E-state index contributed by atoms with van der Waals surface area (Å²) < 4.78 is 2.41. The van der Waals surface area contributed by atoms with Crippen molar-refractivity contribution in [3.05, 3.63) is 289 Å². The largest absolute Gasteiger partial charge is 0.310 e. The molecule has 0 saturated heterocycles. The van der Waals surface area contributed by atoms with Crippen LogP contribution in [0.5, 0.6) is 0 Å². The fourth-order valence-electron chi connectivity index (χ4n) is 14.2. The van der Waals surface area contributed by atoms with Crippen molar-refractivity contribution in [3.63, 3.8) is 0 Å². The highest BCUT2D eigenvalue weighted by Crippen LogP contribution is 2.67. The number of hydrogen-bond donors (Lipinski definition) is 0. The van der Waals surface area contributed by atoms with Crippen molar-refractivity contribution in [2.75, 3.05) is 4.90 Å². The fraction of sp³-hybridized carbons (Fsp3) is 0.0959. The van der Waals surface area contributed by atoms with Crippen molar-refractivity contribution in [1.29, 1.82) is 0 Å². The van der Waals surface area contributed by atoms with E-state index in [0.29, 0.717) is 11.8 Å². The zero-order chi connectivity index (χ0) is 49.5. The summed E-state index contributed by atoms with van der Waals surface area (Å²) in [4.78, 5) is 2.53. The van der Waals surface area contributed by atoms with E-state index in [1.165, 1.54) is 131 Å². The fourth-order valence-corrected chi connectivity index (χ4v) is 14.2. The molecule has 2 nitrogen and oxygen atoms in total. The second-order valence-corrected chi connectivity index (χ2v) is 21.0. The predicted octanol–water partition coefficient (Wildman–Crippen LogP) is 19.5. The van der Waals surface area contributed by atoms with E-state index in [9.17, 15) is 0 Å². The van der Waals surface area contributed by atoms with Crippen LogP contribution in [0.4, 0.5) is 17.1 Å². The first-order valence-corrected chi connectivity index (χ1v) is 26.9. The van der Waals surface area contributed by atoms with Crippen molar-refractivity contribution in [1.82, 2.24) is 4.57 Å². The molecule has 11 aromatic carbocycles. The summed E-state index contributed by atoms with van der Waals surface area (Å²) in [5.41, 5.74) is 25.1. The molecule has 3 aliphatic carbocycles. The molecule has 0 amide bonds. The number of hydrogen-bond acceptors (Lipinski definition) is 1. The first kappa shape index (κ1) is 43.6. The number of nitrogens with zero attached hydrogens (tertiary/aromatic N) is 2. The lowest BCUT2D eigenvalue weighted by Crippen LogP contribution is -2.35. The Morgan fingerprint density at radius 1 is 0.360 bits per heavy atom. The van der Waals surface area contributed by atoms with Crippen molar-refractivity contribution >= 4 is 38.9 Å². The van der Waals surface area contributed by atoms with Gasteiger partial charge in [0, 0.05) is 33.4 Å². The summed E-state index contributed by atoms with van der Waals surface area (Å²) in [5.74, 6) is 1.04. The number of benzene rings is 11. The van der Waals surface area contributed by atoms with Gasteiger partial charge >= 0.3 is 0 Å². The molecule has 15 rings (SSSR count). The maximum atomic E-state index is 2.60. The molecule has 3 aliphatic rings. The first-order valence-electron chi connectivity index (χ1n) is 26.9. The van der Waals surface area contributed by atoms with Crippen LogP contribution in [0, 0.1) is 5.92 Å². The normalized spacial score (nSPS) is 15.9. The van der Waals surface area contributed by atoms with Crippen molar-refractivity contribution in [2.45, 2.75) is 37.0 Å². The van der Waals surface area contributed by atoms with E-state index in [0.717, 1.165) is 17.1 Å². The van der Waals surface area contributed by atoms with Crippen LogP contribution >= 0.6 is 0 Å². The van der Waals surface area contributed by atoms with Crippen LogP contribution in [0.25, 0.3) is 83.1 Å². The molecule has 356 valence electrons. The Labute approximate surface area is 439 Å². The van der Waals surface area contributed by atoms with Gasteiger partial charge in [-0.1, -0.05) is 207 Å². The van der Waals surface area contributed by atoms with E-state index < -0.39 is 0 Å². The van der Waals surface area contributed by atoms with E-state index in [4.69, 9.17) is 0 Å². The molecule has 2 unspecified atom stereocenters. The number of aromatic nitrogens is 1. The van der Waals surface area contributed by atoms with Gasteiger partial charge in [-0.15, -0.1) is 0 Å². The van der Waals surface area contributed by atoms with Crippen LogP contribution in [-0.2, 0) is 5.41 Å². The van der Waals surface area contributed by atoms with Crippen molar-refractivity contribution < 1.29 is 0 Å². The zero-order valence-electron chi connectivity index (χ0n) is 41.8. The Morgan fingerprint density at radius 3 is 1.64 bits per heavy atom. The molecule has 0 bridgehead atoms. The lowest BCUT2D eigenvalue weighted by Gasteiger charge is -2.39. The molecule has 1 heterocycles. The average molecular weight is 959 g/mol. The second kappa shape index (κ2) is 17.6. The van der Waals surface area contributed by atoms with Crippen LogP contribution in [0.15, 0.2) is 267 Å². The van der Waals surface area contributed by atoms with E-state index in [2.05, 4.69) is 276 Å². The number of para-hydroxylation sites is 3. The zero-order valence-corrected chi connectivity index (χ0v) is 41.8. The van der Waals surface area contributed by atoms with Crippen LogP contribution in [0.3, 0.4) is 0 Å². The Hall–Kier alpha value is -8.98. The minimum atomic E-state index is -0.208. The van der Waals surface area contributed by atoms with Gasteiger partial charge in [-0.25, -0.2) is 0 Å². The quantitative estimate of drug-likeness (QED) is 0.147. The monoisotopic (exact) mass is 958 g/mol. The minimum Gasteiger partial charge on any atom is -0.310 e. The Balaban J connectivity index is 0.911. The molecule has 1 spiro atoms. The summed E-state index contributed by atoms with van der Waals surface area (Å²) in [7, 11) is 0. The highest BCUT2D eigenvalue weighted by atomic mass is 15.1. The summed E-state index contributed by atoms with van der Waals surface area (Å²) in [6.07, 6.45) is 5.04. The lowest BCUT2D eigenvalue weighted by atomic mass is 9.63. The van der Waals surface area contributed by atoms with E-state index in [1.807, 2.05) is 0 Å². The van der Waals surface area contributed by atoms with Crippen LogP contribution in [0.2, 0.25) is 0 Å². The van der Waals surface area contributed by atoms with Gasteiger partial charge in [-0.3, -0.25) is 0 Å². The number of anilines is 3. The Bertz CT molecular complexity index is 4090. The second-order valence-electron chi connectivity index (χ2n) is 21.0. The highest BCUT2D eigenvalue weighted by molar-refractivity contribution is 6.16. The van der Waals surface area contributed by atoms with Gasteiger partial charge in [0.25, 0.3) is 0 Å². The van der Waals surface area contributed by atoms with Crippen LogP contribution < -0.4 is 4.90 Å².